The summed E-state index contributed by atoms with van der Waals surface area (Å²) in [6, 6.07) is 1.15. The molecule has 0 aliphatic carbocycles. The van der Waals surface area contributed by atoms with Crippen LogP contribution in [0.2, 0.25) is 0 Å². The molecule has 1 aliphatic rings. The normalized spacial score (nSPS) is 16.0. The van der Waals surface area contributed by atoms with Crippen molar-refractivity contribution in [3.63, 3.8) is 0 Å². The second-order valence-electron chi connectivity index (χ2n) is 5.11. The highest BCUT2D eigenvalue weighted by Crippen LogP contribution is 2.20. The second kappa shape index (κ2) is 7.45. The number of carbonyl (C=O) groups excluding carboxylic acids is 1. The highest BCUT2D eigenvalue weighted by atomic mass is 19.2. The van der Waals surface area contributed by atoms with E-state index in [2.05, 4.69) is 0 Å². The summed E-state index contributed by atoms with van der Waals surface area (Å²) in [6.07, 6.45) is 2.77. The molecule has 0 saturated carbocycles. The molecule has 21 heavy (non-hydrogen) atoms. The van der Waals surface area contributed by atoms with E-state index < -0.39 is 30.0 Å². The Kier molecular flexibility index (Phi) is 5.61. The first kappa shape index (κ1) is 15.8. The maximum absolute atomic E-state index is 13.3. The molecule has 2 rings (SSSR count). The second-order valence-corrected chi connectivity index (χ2v) is 5.11. The number of carbonyl (C=O) groups is 1. The highest BCUT2D eigenvalue weighted by Gasteiger charge is 2.16. The van der Waals surface area contributed by atoms with E-state index in [-0.39, 0.29) is 12.0 Å². The van der Waals surface area contributed by atoms with Gasteiger partial charge in [0.25, 0.3) is 0 Å². The molecule has 1 aliphatic heterocycles. The summed E-state index contributed by atoms with van der Waals surface area (Å²) in [5, 5.41) is 0. The highest BCUT2D eigenvalue weighted by molar-refractivity contribution is 5.69. The molecule has 0 radical (unpaired) electrons. The van der Waals surface area contributed by atoms with Gasteiger partial charge in [0.1, 0.15) is 12.4 Å². The SMILES string of the molecule is O=C(CCC1CCOCC1)OCc1cc(F)c(F)cc1F. The van der Waals surface area contributed by atoms with Gasteiger partial charge >= 0.3 is 5.97 Å². The minimum Gasteiger partial charge on any atom is -0.461 e. The predicted octanol–water partition coefficient (Wildman–Crippen LogP) is 3.35. The average Bonchev–Trinajstić information content (AvgIpc) is 2.48. The zero-order valence-electron chi connectivity index (χ0n) is 11.5. The van der Waals surface area contributed by atoms with E-state index in [9.17, 15) is 18.0 Å². The zero-order chi connectivity index (χ0) is 15.2. The lowest BCUT2D eigenvalue weighted by molar-refractivity contribution is -0.145. The smallest absolute Gasteiger partial charge is 0.306 e. The number of hydrogen-bond donors (Lipinski definition) is 0. The number of esters is 1. The molecule has 0 spiro atoms. The van der Waals surface area contributed by atoms with Crippen molar-refractivity contribution in [3.8, 4) is 0 Å². The molecular formula is C15H17F3O3. The van der Waals surface area contributed by atoms with Crippen LogP contribution in [0.15, 0.2) is 12.1 Å². The first-order chi connectivity index (χ1) is 10.1. The van der Waals surface area contributed by atoms with E-state index in [1.807, 2.05) is 0 Å². The monoisotopic (exact) mass is 302 g/mol. The van der Waals surface area contributed by atoms with Crippen LogP contribution < -0.4 is 0 Å². The van der Waals surface area contributed by atoms with Gasteiger partial charge < -0.3 is 9.47 Å². The average molecular weight is 302 g/mol. The number of rotatable bonds is 5. The molecule has 1 fully saturated rings. The van der Waals surface area contributed by atoms with Gasteiger partial charge in [-0.2, -0.15) is 0 Å². The molecule has 3 nitrogen and oxygen atoms in total. The van der Waals surface area contributed by atoms with Crippen molar-refractivity contribution >= 4 is 5.97 Å². The van der Waals surface area contributed by atoms with E-state index in [4.69, 9.17) is 9.47 Å². The Labute approximate surface area is 121 Å². The summed E-state index contributed by atoms with van der Waals surface area (Å²) in [6.45, 7) is 1.02. The summed E-state index contributed by atoms with van der Waals surface area (Å²) in [4.78, 5) is 11.6. The zero-order valence-corrected chi connectivity index (χ0v) is 11.5. The Bertz CT molecular complexity index is 499. The first-order valence-electron chi connectivity index (χ1n) is 6.93. The number of halogens is 3. The van der Waals surface area contributed by atoms with Crippen LogP contribution in [-0.2, 0) is 20.9 Å². The Morgan fingerprint density at radius 1 is 1.14 bits per heavy atom. The fourth-order valence-corrected chi connectivity index (χ4v) is 2.26. The van der Waals surface area contributed by atoms with Crippen molar-refractivity contribution in [1.82, 2.24) is 0 Å². The number of hydrogen-bond acceptors (Lipinski definition) is 3. The van der Waals surface area contributed by atoms with Gasteiger partial charge in [-0.3, -0.25) is 4.79 Å². The van der Waals surface area contributed by atoms with Crippen LogP contribution in [0.1, 0.15) is 31.2 Å². The quantitative estimate of drug-likeness (QED) is 0.618. The van der Waals surface area contributed by atoms with E-state index in [1.165, 1.54) is 0 Å². The number of benzene rings is 1. The van der Waals surface area contributed by atoms with Gasteiger partial charge in [0.05, 0.1) is 0 Å². The predicted molar refractivity (Wildman–Crippen MR) is 68.9 cm³/mol. The molecule has 1 aromatic carbocycles. The molecule has 0 aromatic heterocycles. The van der Waals surface area contributed by atoms with Crippen molar-refractivity contribution in [2.45, 2.75) is 32.3 Å². The minimum atomic E-state index is -1.26. The lowest BCUT2D eigenvalue weighted by Crippen LogP contribution is -2.17. The summed E-state index contributed by atoms with van der Waals surface area (Å²) >= 11 is 0. The Hall–Kier alpha value is -1.56. The first-order valence-corrected chi connectivity index (χ1v) is 6.93. The lowest BCUT2D eigenvalue weighted by atomic mass is 9.95. The largest absolute Gasteiger partial charge is 0.461 e. The topological polar surface area (TPSA) is 35.5 Å². The Balaban J connectivity index is 1.77. The minimum absolute atomic E-state index is 0.173. The summed E-state index contributed by atoms with van der Waals surface area (Å²) in [5.74, 6) is -3.38. The molecular weight excluding hydrogens is 285 g/mol. The van der Waals surface area contributed by atoms with Gasteiger partial charge in [0.15, 0.2) is 11.6 Å². The third-order valence-electron chi connectivity index (χ3n) is 3.58. The van der Waals surface area contributed by atoms with Crippen LogP contribution in [0, 0.1) is 23.4 Å². The summed E-state index contributed by atoms with van der Waals surface area (Å²) < 4.78 is 49.2. The van der Waals surface area contributed by atoms with Crippen molar-refractivity contribution in [1.29, 1.82) is 0 Å². The maximum Gasteiger partial charge on any atom is 0.306 e. The van der Waals surface area contributed by atoms with Crippen LogP contribution >= 0.6 is 0 Å². The maximum atomic E-state index is 13.3. The Morgan fingerprint density at radius 2 is 1.81 bits per heavy atom. The van der Waals surface area contributed by atoms with Crippen molar-refractivity contribution < 1.29 is 27.4 Å². The molecule has 1 heterocycles. The van der Waals surface area contributed by atoms with Crippen molar-refractivity contribution in [2.75, 3.05) is 13.2 Å². The molecule has 0 N–H and O–H groups in total. The van der Waals surface area contributed by atoms with Crippen molar-refractivity contribution in [3.05, 3.63) is 35.1 Å². The van der Waals surface area contributed by atoms with Crippen LogP contribution in [-0.4, -0.2) is 19.2 Å². The molecule has 1 saturated heterocycles. The van der Waals surface area contributed by atoms with E-state index >= 15 is 0 Å². The third kappa shape index (κ3) is 4.74. The van der Waals surface area contributed by atoms with Crippen LogP contribution in [0.3, 0.4) is 0 Å². The molecule has 0 bridgehead atoms. The fourth-order valence-electron chi connectivity index (χ4n) is 2.26. The fraction of sp³-hybridized carbons (Fsp3) is 0.533. The third-order valence-corrected chi connectivity index (χ3v) is 3.58. The summed E-state index contributed by atoms with van der Waals surface area (Å²) in [7, 11) is 0. The van der Waals surface area contributed by atoms with E-state index in [0.29, 0.717) is 37.7 Å². The molecule has 116 valence electrons. The van der Waals surface area contributed by atoms with Gasteiger partial charge in [-0.05, 0) is 31.2 Å². The number of ether oxygens (including phenoxy) is 2. The standard InChI is InChI=1S/C15H17F3O3/c16-12-8-14(18)13(17)7-11(12)9-21-15(19)2-1-10-3-5-20-6-4-10/h7-8,10H,1-6,9H2. The van der Waals surface area contributed by atoms with Crippen LogP contribution in [0.5, 0.6) is 0 Å². The molecule has 0 unspecified atom stereocenters. The van der Waals surface area contributed by atoms with Gasteiger partial charge in [0, 0.05) is 31.3 Å². The van der Waals surface area contributed by atoms with Crippen LogP contribution in [0.25, 0.3) is 0 Å². The van der Waals surface area contributed by atoms with E-state index in [1.54, 1.807) is 0 Å². The summed E-state index contributed by atoms with van der Waals surface area (Å²) in [5.41, 5.74) is -0.173. The molecule has 0 atom stereocenters. The van der Waals surface area contributed by atoms with Gasteiger partial charge in [-0.25, -0.2) is 13.2 Å². The Morgan fingerprint density at radius 3 is 2.52 bits per heavy atom. The van der Waals surface area contributed by atoms with Gasteiger partial charge in [-0.15, -0.1) is 0 Å². The van der Waals surface area contributed by atoms with Gasteiger partial charge in [0.2, 0.25) is 0 Å². The van der Waals surface area contributed by atoms with Crippen LogP contribution in [0.4, 0.5) is 13.2 Å². The molecule has 6 heteroatoms. The lowest BCUT2D eigenvalue weighted by Gasteiger charge is -2.21. The van der Waals surface area contributed by atoms with E-state index in [0.717, 1.165) is 12.8 Å². The molecule has 1 aromatic rings. The van der Waals surface area contributed by atoms with Gasteiger partial charge in [-0.1, -0.05) is 0 Å². The van der Waals surface area contributed by atoms with Crippen molar-refractivity contribution in [2.24, 2.45) is 5.92 Å². The molecule has 0 amide bonds.